The molecule has 0 radical (unpaired) electrons. The van der Waals surface area contributed by atoms with Gasteiger partial charge in [-0.3, -0.25) is 0 Å². The van der Waals surface area contributed by atoms with Crippen molar-refractivity contribution in [2.75, 3.05) is 0 Å². The van der Waals surface area contributed by atoms with Gasteiger partial charge in [0.15, 0.2) is 0 Å². The molecule has 0 saturated heterocycles. The van der Waals surface area contributed by atoms with Gasteiger partial charge in [-0.15, -0.1) is 11.3 Å². The Hall–Kier alpha value is -5.51. The second-order valence-electron chi connectivity index (χ2n) is 11.2. The predicted molar refractivity (Wildman–Crippen MR) is 188 cm³/mol. The highest BCUT2D eigenvalue weighted by Gasteiger charge is 2.19. The van der Waals surface area contributed by atoms with Crippen LogP contribution in [0.3, 0.4) is 0 Å². The molecule has 3 heterocycles. The number of benzene rings is 6. The van der Waals surface area contributed by atoms with Crippen molar-refractivity contribution in [1.82, 2.24) is 9.55 Å². The molecule has 0 unspecified atom stereocenters. The molecule has 0 saturated carbocycles. The monoisotopic (exact) mass is 578 g/mol. The molecule has 0 aliphatic heterocycles. The van der Waals surface area contributed by atoms with Gasteiger partial charge in [-0.05, 0) is 53.6 Å². The number of nitrogens with zero attached hydrogens (tertiary/aromatic N) is 2. The number of hydrogen-bond acceptors (Lipinski definition) is 2. The Labute approximate surface area is 259 Å². The Morgan fingerprint density at radius 3 is 1.91 bits per heavy atom. The molecule has 0 spiro atoms. The standard InChI is InChI=1S/C41H26N2S/c1-3-13-27(14-4-1)28-25-35(42-36(26-28)33-21-11-19-31-30-17-8-10-24-39(30)44-41(31)33)32-20-12-23-38-40(32)34-18-7-9-22-37(34)43(38)29-15-5-2-6-16-29/h1-26H. The van der Waals surface area contributed by atoms with Crippen LogP contribution in [-0.2, 0) is 0 Å². The van der Waals surface area contributed by atoms with Crippen molar-refractivity contribution in [2.24, 2.45) is 0 Å². The number of aromatic nitrogens is 2. The summed E-state index contributed by atoms with van der Waals surface area (Å²) in [6.45, 7) is 0. The number of hydrogen-bond donors (Lipinski definition) is 0. The van der Waals surface area contributed by atoms with E-state index in [9.17, 15) is 0 Å². The number of para-hydroxylation sites is 2. The molecular formula is C41H26N2S. The molecule has 0 bridgehead atoms. The Morgan fingerprint density at radius 2 is 1.07 bits per heavy atom. The minimum absolute atomic E-state index is 0.973. The minimum atomic E-state index is 0.973. The summed E-state index contributed by atoms with van der Waals surface area (Å²) in [6, 6.07) is 56.4. The van der Waals surface area contributed by atoms with Crippen LogP contribution in [0.15, 0.2) is 158 Å². The minimum Gasteiger partial charge on any atom is -0.309 e. The van der Waals surface area contributed by atoms with E-state index < -0.39 is 0 Å². The first kappa shape index (κ1) is 25.0. The number of thiophene rings is 1. The zero-order valence-electron chi connectivity index (χ0n) is 23.8. The highest BCUT2D eigenvalue weighted by Crippen LogP contribution is 2.43. The third kappa shape index (κ3) is 3.90. The molecule has 0 atom stereocenters. The predicted octanol–water partition coefficient (Wildman–Crippen LogP) is 11.5. The molecule has 2 nitrogen and oxygen atoms in total. The van der Waals surface area contributed by atoms with Crippen molar-refractivity contribution in [3.8, 4) is 39.3 Å². The molecular weight excluding hydrogens is 553 g/mol. The lowest BCUT2D eigenvalue weighted by Crippen LogP contribution is -1.94. The zero-order valence-corrected chi connectivity index (χ0v) is 24.6. The fraction of sp³-hybridized carbons (Fsp3) is 0. The fourth-order valence-electron chi connectivity index (χ4n) is 6.64. The summed E-state index contributed by atoms with van der Waals surface area (Å²) < 4.78 is 4.94. The summed E-state index contributed by atoms with van der Waals surface area (Å²) in [4.78, 5) is 5.46. The molecule has 6 aromatic carbocycles. The summed E-state index contributed by atoms with van der Waals surface area (Å²) in [5.74, 6) is 0. The quantitative estimate of drug-likeness (QED) is 0.203. The summed E-state index contributed by atoms with van der Waals surface area (Å²) in [5, 5.41) is 5.02. The lowest BCUT2D eigenvalue weighted by Gasteiger charge is -2.12. The average molecular weight is 579 g/mol. The highest BCUT2D eigenvalue weighted by molar-refractivity contribution is 7.26. The summed E-state index contributed by atoms with van der Waals surface area (Å²) in [5.41, 5.74) is 10.1. The molecule has 0 aliphatic rings. The van der Waals surface area contributed by atoms with Crippen molar-refractivity contribution in [3.05, 3.63) is 158 Å². The SMILES string of the molecule is c1ccc(-c2cc(-c3cccc4c3sc3ccccc34)nc(-c3cccc4c3c3ccccc3n4-c3ccccc3)c2)cc1. The number of rotatable bonds is 4. The Balaban J connectivity index is 1.35. The third-order valence-electron chi connectivity index (χ3n) is 8.60. The van der Waals surface area contributed by atoms with Crippen LogP contribution in [0.25, 0.3) is 81.3 Å². The second kappa shape index (κ2) is 10.0. The van der Waals surface area contributed by atoms with Gasteiger partial charge in [0, 0.05) is 47.8 Å². The van der Waals surface area contributed by atoms with Gasteiger partial charge < -0.3 is 4.57 Å². The Kier molecular flexibility index (Phi) is 5.71. The number of fused-ring (bicyclic) bond motifs is 6. The van der Waals surface area contributed by atoms with Gasteiger partial charge in [0.1, 0.15) is 0 Å². The first-order valence-corrected chi connectivity index (χ1v) is 15.7. The van der Waals surface area contributed by atoms with Crippen molar-refractivity contribution in [3.63, 3.8) is 0 Å². The van der Waals surface area contributed by atoms with Crippen molar-refractivity contribution in [2.45, 2.75) is 0 Å². The average Bonchev–Trinajstić information content (AvgIpc) is 3.65. The van der Waals surface area contributed by atoms with E-state index in [1.807, 2.05) is 11.3 Å². The van der Waals surface area contributed by atoms with E-state index in [4.69, 9.17) is 4.98 Å². The van der Waals surface area contributed by atoms with E-state index in [0.717, 1.165) is 28.2 Å². The maximum atomic E-state index is 5.46. The van der Waals surface area contributed by atoms with Gasteiger partial charge in [-0.2, -0.15) is 0 Å². The molecule has 3 aromatic heterocycles. The summed E-state index contributed by atoms with van der Waals surface area (Å²) in [6.07, 6.45) is 0. The van der Waals surface area contributed by atoms with E-state index in [1.54, 1.807) is 0 Å². The largest absolute Gasteiger partial charge is 0.309 e. The van der Waals surface area contributed by atoms with E-state index in [-0.39, 0.29) is 0 Å². The Bertz CT molecular complexity index is 2490. The van der Waals surface area contributed by atoms with Gasteiger partial charge in [-0.25, -0.2) is 4.98 Å². The maximum Gasteiger partial charge on any atom is 0.0730 e. The molecule has 3 heteroatoms. The first-order chi connectivity index (χ1) is 21.8. The lowest BCUT2D eigenvalue weighted by atomic mass is 9.97. The normalized spacial score (nSPS) is 11.6. The van der Waals surface area contributed by atoms with Crippen LogP contribution >= 0.6 is 11.3 Å². The molecule has 44 heavy (non-hydrogen) atoms. The van der Waals surface area contributed by atoms with Crippen LogP contribution < -0.4 is 0 Å². The summed E-state index contributed by atoms with van der Waals surface area (Å²) >= 11 is 1.85. The van der Waals surface area contributed by atoms with Gasteiger partial charge in [0.2, 0.25) is 0 Å². The smallest absolute Gasteiger partial charge is 0.0730 e. The molecule has 206 valence electrons. The molecule has 0 N–H and O–H groups in total. The van der Waals surface area contributed by atoms with Gasteiger partial charge in [0.25, 0.3) is 0 Å². The molecule has 0 amide bonds. The third-order valence-corrected chi connectivity index (χ3v) is 9.82. The topological polar surface area (TPSA) is 17.8 Å². The fourth-order valence-corrected chi connectivity index (χ4v) is 7.87. The molecule has 0 aliphatic carbocycles. The van der Waals surface area contributed by atoms with Crippen molar-refractivity contribution >= 4 is 53.3 Å². The summed E-state index contributed by atoms with van der Waals surface area (Å²) in [7, 11) is 0. The van der Waals surface area contributed by atoms with Crippen LogP contribution in [-0.4, -0.2) is 9.55 Å². The molecule has 9 rings (SSSR count). The lowest BCUT2D eigenvalue weighted by molar-refractivity contribution is 1.18. The van der Waals surface area contributed by atoms with Gasteiger partial charge in [0.05, 0.1) is 22.4 Å². The van der Waals surface area contributed by atoms with Gasteiger partial charge in [-0.1, -0.05) is 115 Å². The maximum absolute atomic E-state index is 5.46. The van der Waals surface area contributed by atoms with E-state index in [2.05, 4.69) is 162 Å². The number of pyridine rings is 1. The zero-order chi connectivity index (χ0) is 29.0. The van der Waals surface area contributed by atoms with Gasteiger partial charge >= 0.3 is 0 Å². The van der Waals surface area contributed by atoms with Crippen LogP contribution in [0, 0.1) is 0 Å². The van der Waals surface area contributed by atoms with E-state index in [1.165, 1.54) is 53.1 Å². The van der Waals surface area contributed by atoms with Crippen LogP contribution in [0.4, 0.5) is 0 Å². The van der Waals surface area contributed by atoms with E-state index in [0.29, 0.717) is 0 Å². The van der Waals surface area contributed by atoms with Crippen molar-refractivity contribution in [1.29, 1.82) is 0 Å². The van der Waals surface area contributed by atoms with Crippen LogP contribution in [0.5, 0.6) is 0 Å². The van der Waals surface area contributed by atoms with Crippen LogP contribution in [0.2, 0.25) is 0 Å². The Morgan fingerprint density at radius 1 is 0.455 bits per heavy atom. The second-order valence-corrected chi connectivity index (χ2v) is 12.2. The molecule has 0 fully saturated rings. The molecule has 9 aromatic rings. The first-order valence-electron chi connectivity index (χ1n) is 14.9. The van der Waals surface area contributed by atoms with Crippen molar-refractivity contribution < 1.29 is 0 Å². The highest BCUT2D eigenvalue weighted by atomic mass is 32.1. The van der Waals surface area contributed by atoms with Crippen LogP contribution in [0.1, 0.15) is 0 Å². The van der Waals surface area contributed by atoms with E-state index >= 15 is 0 Å².